The van der Waals surface area contributed by atoms with Crippen LogP contribution in [0.3, 0.4) is 0 Å². The molecular weight excluding hydrogens is 156 g/mol. The summed E-state index contributed by atoms with van der Waals surface area (Å²) in [6, 6.07) is 0. The summed E-state index contributed by atoms with van der Waals surface area (Å²) < 4.78 is 4.71. The average Bonchev–Trinajstić information content (AvgIpc) is 1.85. The molecule has 1 atom stereocenters. The van der Waals surface area contributed by atoms with Gasteiger partial charge in [-0.25, -0.2) is 0 Å². The van der Waals surface area contributed by atoms with Gasteiger partial charge < -0.3 is 9.84 Å². The zero-order chi connectivity index (χ0) is 9.78. The van der Waals surface area contributed by atoms with Crippen LogP contribution in [0.1, 0.15) is 34.1 Å². The van der Waals surface area contributed by atoms with E-state index in [-0.39, 0.29) is 17.8 Å². The average molecular weight is 174 g/mol. The Hall–Kier alpha value is -0.570. The van der Waals surface area contributed by atoms with Crippen molar-refractivity contribution in [2.45, 2.75) is 40.2 Å². The van der Waals surface area contributed by atoms with Crippen molar-refractivity contribution in [2.75, 3.05) is 6.61 Å². The quantitative estimate of drug-likeness (QED) is 0.657. The predicted octanol–water partition coefficient (Wildman–Crippen LogP) is 1.35. The number of carbonyl (C=O) groups excluding carboxylic acids is 1. The van der Waals surface area contributed by atoms with Crippen LogP contribution in [0.4, 0.5) is 0 Å². The smallest absolute Gasteiger partial charge is 0.308 e. The lowest BCUT2D eigenvalue weighted by atomic mass is 9.87. The van der Waals surface area contributed by atoms with Crippen molar-refractivity contribution in [2.24, 2.45) is 5.41 Å². The molecule has 0 saturated carbocycles. The number of ether oxygens (including phenoxy) is 1. The van der Waals surface area contributed by atoms with E-state index in [4.69, 9.17) is 4.74 Å². The summed E-state index contributed by atoms with van der Waals surface area (Å²) in [5.41, 5.74) is -0.257. The normalized spacial score (nSPS) is 14.1. The van der Waals surface area contributed by atoms with E-state index >= 15 is 0 Å². The highest BCUT2D eigenvalue weighted by molar-refractivity contribution is 5.70. The number of aliphatic hydroxyl groups is 1. The van der Waals surface area contributed by atoms with Gasteiger partial charge >= 0.3 is 5.97 Å². The lowest BCUT2D eigenvalue weighted by molar-refractivity contribution is -0.147. The van der Waals surface area contributed by atoms with E-state index in [1.54, 1.807) is 6.92 Å². The summed E-state index contributed by atoms with van der Waals surface area (Å²) in [4.78, 5) is 10.9. The lowest BCUT2D eigenvalue weighted by Gasteiger charge is -2.24. The van der Waals surface area contributed by atoms with E-state index in [0.29, 0.717) is 6.61 Å². The molecule has 0 bridgehead atoms. The highest BCUT2D eigenvalue weighted by Gasteiger charge is 2.24. The molecule has 0 unspecified atom stereocenters. The maximum Gasteiger partial charge on any atom is 0.308 e. The van der Waals surface area contributed by atoms with Crippen LogP contribution in [0.15, 0.2) is 0 Å². The second-order valence-electron chi connectivity index (χ2n) is 3.89. The Morgan fingerprint density at radius 2 is 2.00 bits per heavy atom. The van der Waals surface area contributed by atoms with Gasteiger partial charge in [-0.15, -0.1) is 0 Å². The van der Waals surface area contributed by atoms with E-state index in [1.165, 1.54) is 0 Å². The summed E-state index contributed by atoms with van der Waals surface area (Å²) >= 11 is 0. The van der Waals surface area contributed by atoms with E-state index in [9.17, 15) is 9.90 Å². The molecule has 0 aliphatic carbocycles. The van der Waals surface area contributed by atoms with Crippen LogP contribution >= 0.6 is 0 Å². The van der Waals surface area contributed by atoms with Crippen LogP contribution in [0.25, 0.3) is 0 Å². The molecule has 0 aliphatic rings. The molecule has 0 aromatic rings. The molecule has 0 spiro atoms. The number of rotatable bonds is 3. The zero-order valence-electron chi connectivity index (χ0n) is 8.26. The molecule has 0 saturated heterocycles. The minimum atomic E-state index is -0.628. The van der Waals surface area contributed by atoms with Gasteiger partial charge in [-0.2, -0.15) is 0 Å². The van der Waals surface area contributed by atoms with Gasteiger partial charge in [0, 0.05) is 0 Å². The number of aliphatic hydroxyl groups excluding tert-OH is 1. The first-order valence-electron chi connectivity index (χ1n) is 4.21. The Labute approximate surface area is 73.7 Å². The molecule has 12 heavy (non-hydrogen) atoms. The molecule has 0 heterocycles. The summed E-state index contributed by atoms with van der Waals surface area (Å²) in [6.45, 7) is 7.78. The third-order valence-electron chi connectivity index (χ3n) is 1.67. The zero-order valence-corrected chi connectivity index (χ0v) is 8.26. The van der Waals surface area contributed by atoms with E-state index in [0.717, 1.165) is 0 Å². The maximum atomic E-state index is 10.9. The van der Waals surface area contributed by atoms with E-state index < -0.39 is 6.10 Å². The summed E-state index contributed by atoms with van der Waals surface area (Å²) in [7, 11) is 0. The Bertz CT molecular complexity index is 146. The fourth-order valence-electron chi connectivity index (χ4n) is 0.684. The fourth-order valence-corrected chi connectivity index (χ4v) is 0.684. The minimum absolute atomic E-state index is 0.0807. The van der Waals surface area contributed by atoms with E-state index in [2.05, 4.69) is 0 Å². The SMILES string of the molecule is CCOC(=O)C[C@H](O)C(C)(C)C. The van der Waals surface area contributed by atoms with Gasteiger partial charge in [0.2, 0.25) is 0 Å². The first-order valence-corrected chi connectivity index (χ1v) is 4.21. The van der Waals surface area contributed by atoms with Gasteiger partial charge in [0.15, 0.2) is 0 Å². The van der Waals surface area contributed by atoms with Crippen molar-refractivity contribution in [3.8, 4) is 0 Å². The Kier molecular flexibility index (Phi) is 4.24. The van der Waals surface area contributed by atoms with Gasteiger partial charge in [0.05, 0.1) is 19.1 Å². The molecule has 72 valence electrons. The molecule has 0 aromatic carbocycles. The first kappa shape index (κ1) is 11.4. The monoisotopic (exact) mass is 174 g/mol. The molecule has 0 radical (unpaired) electrons. The molecule has 0 rings (SSSR count). The Balaban J connectivity index is 3.84. The third kappa shape index (κ3) is 4.34. The molecule has 0 aliphatic heterocycles. The van der Waals surface area contributed by atoms with Crippen LogP contribution in [-0.2, 0) is 9.53 Å². The van der Waals surface area contributed by atoms with Crippen LogP contribution in [-0.4, -0.2) is 23.8 Å². The van der Waals surface area contributed by atoms with Crippen LogP contribution < -0.4 is 0 Å². The van der Waals surface area contributed by atoms with Gasteiger partial charge in [0.1, 0.15) is 0 Å². The van der Waals surface area contributed by atoms with Gasteiger partial charge in [-0.3, -0.25) is 4.79 Å². The Morgan fingerprint density at radius 3 is 2.33 bits per heavy atom. The van der Waals surface area contributed by atoms with Crippen molar-refractivity contribution in [1.29, 1.82) is 0 Å². The van der Waals surface area contributed by atoms with Crippen molar-refractivity contribution < 1.29 is 14.6 Å². The molecule has 3 nitrogen and oxygen atoms in total. The lowest BCUT2D eigenvalue weighted by Crippen LogP contribution is -2.29. The van der Waals surface area contributed by atoms with Crippen molar-refractivity contribution >= 4 is 5.97 Å². The molecular formula is C9H18O3. The van der Waals surface area contributed by atoms with Gasteiger partial charge in [0.25, 0.3) is 0 Å². The molecule has 0 amide bonds. The second-order valence-corrected chi connectivity index (χ2v) is 3.89. The molecule has 3 heteroatoms. The number of carbonyl (C=O) groups is 1. The number of hydrogen-bond donors (Lipinski definition) is 1. The van der Waals surface area contributed by atoms with E-state index in [1.807, 2.05) is 20.8 Å². The number of esters is 1. The third-order valence-corrected chi connectivity index (χ3v) is 1.67. The maximum absolute atomic E-state index is 10.9. The number of hydrogen-bond acceptors (Lipinski definition) is 3. The van der Waals surface area contributed by atoms with Gasteiger partial charge in [-0.1, -0.05) is 20.8 Å². The Morgan fingerprint density at radius 1 is 1.50 bits per heavy atom. The topological polar surface area (TPSA) is 46.5 Å². The van der Waals surface area contributed by atoms with Crippen molar-refractivity contribution in [1.82, 2.24) is 0 Å². The fraction of sp³-hybridized carbons (Fsp3) is 0.889. The summed E-state index contributed by atoms with van der Waals surface area (Å²) in [6.07, 6.45) is -0.548. The highest BCUT2D eigenvalue weighted by atomic mass is 16.5. The second kappa shape index (κ2) is 4.45. The van der Waals surface area contributed by atoms with Crippen LogP contribution in [0.2, 0.25) is 0 Å². The largest absolute Gasteiger partial charge is 0.466 e. The van der Waals surface area contributed by atoms with Crippen LogP contribution in [0.5, 0.6) is 0 Å². The molecule has 0 fully saturated rings. The molecule has 0 aromatic heterocycles. The van der Waals surface area contributed by atoms with Crippen molar-refractivity contribution in [3.63, 3.8) is 0 Å². The minimum Gasteiger partial charge on any atom is -0.466 e. The van der Waals surface area contributed by atoms with Crippen LogP contribution in [0, 0.1) is 5.41 Å². The molecule has 1 N–H and O–H groups in total. The predicted molar refractivity (Wildman–Crippen MR) is 46.7 cm³/mol. The highest BCUT2D eigenvalue weighted by Crippen LogP contribution is 2.21. The standard InChI is InChI=1S/C9H18O3/c1-5-12-8(11)6-7(10)9(2,3)4/h7,10H,5-6H2,1-4H3/t7-/m0/s1. The summed E-state index contributed by atoms with van der Waals surface area (Å²) in [5, 5.41) is 9.48. The van der Waals surface area contributed by atoms with Crippen molar-refractivity contribution in [3.05, 3.63) is 0 Å². The summed E-state index contributed by atoms with van der Waals surface area (Å²) in [5.74, 6) is -0.333. The van der Waals surface area contributed by atoms with Gasteiger partial charge in [-0.05, 0) is 12.3 Å². The first-order chi connectivity index (χ1) is 5.38.